The number of hydrogen-bond donors (Lipinski definition) is 2. The number of nitrogens with one attached hydrogen (secondary N) is 2. The zero-order valence-electron chi connectivity index (χ0n) is 14.0. The molecule has 0 aliphatic rings. The molecule has 3 aromatic rings. The molecule has 26 heavy (non-hydrogen) atoms. The molecule has 0 saturated carbocycles. The van der Waals surface area contributed by atoms with Crippen molar-refractivity contribution in [3.63, 3.8) is 0 Å². The van der Waals surface area contributed by atoms with Gasteiger partial charge in [0.05, 0.1) is 29.1 Å². The predicted molar refractivity (Wildman–Crippen MR) is 92.8 cm³/mol. The Kier molecular flexibility index (Phi) is 5.20. The van der Waals surface area contributed by atoms with E-state index in [4.69, 9.17) is 8.94 Å². The Bertz CT molecular complexity index is 1000. The Morgan fingerprint density at radius 3 is 2.81 bits per heavy atom. The van der Waals surface area contributed by atoms with Crippen LogP contribution in [0.4, 0.5) is 0 Å². The fraction of sp³-hybridized carbons (Fsp3) is 0.267. The normalized spacial score (nSPS) is 11.6. The fourth-order valence-electron chi connectivity index (χ4n) is 2.14. The SMILES string of the molecule is Cc1nc(-c2cc(S(=O)(=O)NCC(=O)NCc3ccco3)c(C)s2)no1. The van der Waals surface area contributed by atoms with E-state index in [1.165, 1.54) is 23.7 Å². The van der Waals surface area contributed by atoms with Gasteiger partial charge in [-0.05, 0) is 25.1 Å². The first kappa shape index (κ1) is 18.3. The molecule has 0 aromatic carbocycles. The maximum atomic E-state index is 12.5. The minimum Gasteiger partial charge on any atom is -0.467 e. The van der Waals surface area contributed by atoms with Gasteiger partial charge < -0.3 is 14.3 Å². The summed E-state index contributed by atoms with van der Waals surface area (Å²) in [5.74, 6) is 0.830. The van der Waals surface area contributed by atoms with E-state index in [2.05, 4.69) is 20.2 Å². The Labute approximate surface area is 153 Å². The number of carbonyl (C=O) groups excluding carboxylic acids is 1. The van der Waals surface area contributed by atoms with Crippen molar-refractivity contribution in [2.24, 2.45) is 0 Å². The number of amides is 1. The molecule has 9 nitrogen and oxygen atoms in total. The van der Waals surface area contributed by atoms with Crippen LogP contribution in [0.5, 0.6) is 0 Å². The second-order valence-corrected chi connectivity index (χ2v) is 8.34. The molecule has 0 bridgehead atoms. The zero-order chi connectivity index (χ0) is 18.7. The first-order valence-corrected chi connectivity index (χ1v) is 9.85. The number of carbonyl (C=O) groups is 1. The van der Waals surface area contributed by atoms with E-state index in [0.717, 1.165) is 0 Å². The minimum atomic E-state index is -3.85. The number of hydrogen-bond acceptors (Lipinski definition) is 8. The van der Waals surface area contributed by atoms with Gasteiger partial charge in [0.25, 0.3) is 0 Å². The number of aromatic nitrogens is 2. The van der Waals surface area contributed by atoms with Crippen LogP contribution < -0.4 is 10.0 Å². The van der Waals surface area contributed by atoms with Crippen molar-refractivity contribution in [1.82, 2.24) is 20.2 Å². The molecule has 0 aliphatic carbocycles. The highest BCUT2D eigenvalue weighted by molar-refractivity contribution is 7.89. The highest BCUT2D eigenvalue weighted by Crippen LogP contribution is 2.31. The van der Waals surface area contributed by atoms with Crippen LogP contribution in [-0.4, -0.2) is 31.0 Å². The molecular weight excluding hydrogens is 380 g/mol. The van der Waals surface area contributed by atoms with Gasteiger partial charge in [0, 0.05) is 11.8 Å². The molecule has 0 radical (unpaired) electrons. The van der Waals surface area contributed by atoms with Crippen LogP contribution in [-0.2, 0) is 21.4 Å². The highest BCUT2D eigenvalue weighted by atomic mass is 32.2. The topological polar surface area (TPSA) is 127 Å². The first-order chi connectivity index (χ1) is 12.3. The second-order valence-electron chi connectivity index (χ2n) is 5.35. The third kappa shape index (κ3) is 4.18. The molecule has 0 unspecified atom stereocenters. The summed E-state index contributed by atoms with van der Waals surface area (Å²) in [4.78, 5) is 17.1. The van der Waals surface area contributed by atoms with Crippen LogP contribution in [0.15, 0.2) is 38.3 Å². The summed E-state index contributed by atoms with van der Waals surface area (Å²) in [6.07, 6.45) is 1.49. The van der Waals surface area contributed by atoms with Crippen molar-refractivity contribution in [2.75, 3.05) is 6.54 Å². The van der Waals surface area contributed by atoms with Crippen LogP contribution in [0, 0.1) is 13.8 Å². The van der Waals surface area contributed by atoms with Crippen LogP contribution >= 0.6 is 11.3 Å². The first-order valence-electron chi connectivity index (χ1n) is 7.55. The van der Waals surface area contributed by atoms with E-state index in [1.807, 2.05) is 0 Å². The van der Waals surface area contributed by atoms with Gasteiger partial charge in [-0.3, -0.25) is 4.79 Å². The molecular formula is C15H16N4O5S2. The predicted octanol–water partition coefficient (Wildman–Crippen LogP) is 1.60. The monoisotopic (exact) mass is 396 g/mol. The summed E-state index contributed by atoms with van der Waals surface area (Å²) in [5, 5.41) is 6.35. The summed E-state index contributed by atoms with van der Waals surface area (Å²) < 4.78 is 37.2. The quantitative estimate of drug-likeness (QED) is 0.621. The van der Waals surface area contributed by atoms with E-state index in [9.17, 15) is 13.2 Å². The van der Waals surface area contributed by atoms with Gasteiger partial charge >= 0.3 is 0 Å². The second kappa shape index (κ2) is 7.40. The van der Waals surface area contributed by atoms with Gasteiger partial charge in [0.1, 0.15) is 5.76 Å². The minimum absolute atomic E-state index is 0.0822. The lowest BCUT2D eigenvalue weighted by molar-refractivity contribution is -0.120. The molecule has 0 atom stereocenters. The van der Waals surface area contributed by atoms with Gasteiger partial charge in [0.15, 0.2) is 0 Å². The van der Waals surface area contributed by atoms with Gasteiger partial charge in [-0.2, -0.15) is 4.98 Å². The molecule has 1 amide bonds. The van der Waals surface area contributed by atoms with Crippen molar-refractivity contribution < 1.29 is 22.2 Å². The van der Waals surface area contributed by atoms with Crippen LogP contribution in [0.25, 0.3) is 10.7 Å². The van der Waals surface area contributed by atoms with Crippen molar-refractivity contribution in [1.29, 1.82) is 0 Å². The molecule has 0 aliphatic heterocycles. The number of rotatable bonds is 7. The maximum Gasteiger partial charge on any atom is 0.242 e. The van der Waals surface area contributed by atoms with Crippen LogP contribution in [0.2, 0.25) is 0 Å². The number of thiophene rings is 1. The summed E-state index contributed by atoms with van der Waals surface area (Å²) in [6.45, 7) is 3.13. The zero-order valence-corrected chi connectivity index (χ0v) is 15.6. The lowest BCUT2D eigenvalue weighted by atomic mass is 10.4. The van der Waals surface area contributed by atoms with E-state index < -0.39 is 15.9 Å². The van der Waals surface area contributed by atoms with Gasteiger partial charge in [-0.25, -0.2) is 13.1 Å². The number of nitrogens with zero attached hydrogens (tertiary/aromatic N) is 2. The van der Waals surface area contributed by atoms with E-state index in [0.29, 0.717) is 27.2 Å². The largest absolute Gasteiger partial charge is 0.467 e. The van der Waals surface area contributed by atoms with Crippen molar-refractivity contribution in [2.45, 2.75) is 25.3 Å². The van der Waals surface area contributed by atoms with Crippen molar-refractivity contribution in [3.8, 4) is 10.7 Å². The summed E-state index contributed by atoms with van der Waals surface area (Å²) >= 11 is 1.23. The summed E-state index contributed by atoms with van der Waals surface area (Å²) in [5.41, 5.74) is 0. The van der Waals surface area contributed by atoms with Crippen LogP contribution in [0.3, 0.4) is 0 Å². The third-order valence-electron chi connectivity index (χ3n) is 3.37. The maximum absolute atomic E-state index is 12.5. The van der Waals surface area contributed by atoms with Gasteiger partial charge in [0.2, 0.25) is 27.6 Å². The molecule has 11 heteroatoms. The average molecular weight is 396 g/mol. The fourth-order valence-corrected chi connectivity index (χ4v) is 4.64. The molecule has 138 valence electrons. The Morgan fingerprint density at radius 2 is 2.15 bits per heavy atom. The molecule has 0 saturated heterocycles. The smallest absolute Gasteiger partial charge is 0.242 e. The summed E-state index contributed by atoms with van der Waals surface area (Å²) in [6, 6.07) is 4.88. The Hall–Kier alpha value is -2.50. The standard InChI is InChI=1S/C15H16N4O5S2/c1-9-13(6-12(25-9)15-18-10(2)24-19-15)26(21,22)17-8-14(20)16-7-11-4-3-5-23-11/h3-6,17H,7-8H2,1-2H3,(H,16,20). The lowest BCUT2D eigenvalue weighted by Crippen LogP contribution is -2.36. The average Bonchev–Trinajstić information content (AvgIpc) is 3.32. The highest BCUT2D eigenvalue weighted by Gasteiger charge is 2.22. The van der Waals surface area contributed by atoms with E-state index >= 15 is 0 Å². The van der Waals surface area contributed by atoms with Crippen LogP contribution in [0.1, 0.15) is 16.5 Å². The lowest BCUT2D eigenvalue weighted by Gasteiger charge is -2.06. The van der Waals surface area contributed by atoms with Gasteiger partial charge in [-0.1, -0.05) is 5.16 Å². The molecule has 2 N–H and O–H groups in total. The van der Waals surface area contributed by atoms with E-state index in [-0.39, 0.29) is 18.0 Å². The molecule has 3 heterocycles. The van der Waals surface area contributed by atoms with E-state index in [1.54, 1.807) is 26.0 Å². The molecule has 3 aromatic heterocycles. The Morgan fingerprint density at radius 1 is 1.35 bits per heavy atom. The molecule has 0 spiro atoms. The number of furan rings is 1. The number of aryl methyl sites for hydroxylation is 2. The van der Waals surface area contributed by atoms with Crippen molar-refractivity contribution >= 4 is 27.3 Å². The molecule has 0 fully saturated rings. The third-order valence-corrected chi connectivity index (χ3v) is 6.08. The Balaban J connectivity index is 1.64. The van der Waals surface area contributed by atoms with Crippen molar-refractivity contribution in [3.05, 3.63) is 41.0 Å². The van der Waals surface area contributed by atoms with Gasteiger partial charge in [-0.15, -0.1) is 11.3 Å². The summed E-state index contributed by atoms with van der Waals surface area (Å²) in [7, 11) is -3.85. The number of sulfonamides is 1. The molecule has 3 rings (SSSR count).